The third-order valence-electron chi connectivity index (χ3n) is 4.86. The molecule has 1 aromatic rings. The minimum atomic E-state index is -2.67. The molecule has 7 heteroatoms. The van der Waals surface area contributed by atoms with E-state index in [2.05, 4.69) is 10.4 Å². The van der Waals surface area contributed by atoms with Gasteiger partial charge in [0.05, 0.1) is 12.1 Å². The van der Waals surface area contributed by atoms with Crippen molar-refractivity contribution < 1.29 is 13.6 Å². The minimum absolute atomic E-state index is 0.00867. The van der Waals surface area contributed by atoms with Crippen molar-refractivity contribution in [2.24, 2.45) is 0 Å². The van der Waals surface area contributed by atoms with Gasteiger partial charge in [0.25, 0.3) is 0 Å². The van der Waals surface area contributed by atoms with E-state index in [0.717, 1.165) is 25.9 Å². The van der Waals surface area contributed by atoms with Crippen LogP contribution >= 0.6 is 0 Å². The molecule has 122 valence electrons. The van der Waals surface area contributed by atoms with Crippen LogP contribution in [0.1, 0.15) is 42.8 Å². The first-order valence-electron chi connectivity index (χ1n) is 7.82. The van der Waals surface area contributed by atoms with Gasteiger partial charge < -0.3 is 10.2 Å². The van der Waals surface area contributed by atoms with Crippen LogP contribution in [0.5, 0.6) is 0 Å². The van der Waals surface area contributed by atoms with Crippen molar-refractivity contribution in [2.45, 2.75) is 58.2 Å². The number of hydrogen-bond acceptors (Lipinski definition) is 3. The maximum absolute atomic E-state index is 12.9. The number of carbonyl (C=O) groups excluding carboxylic acids is 1. The largest absolute Gasteiger partial charge is 0.341 e. The molecule has 0 spiro atoms. The van der Waals surface area contributed by atoms with Crippen molar-refractivity contribution in [2.75, 3.05) is 13.1 Å². The highest BCUT2D eigenvalue weighted by molar-refractivity contribution is 5.79. The second kappa shape index (κ2) is 5.95. The summed E-state index contributed by atoms with van der Waals surface area (Å²) < 4.78 is 26.4. The first kappa shape index (κ1) is 15.4. The number of hydrogen-bond donors (Lipinski definition) is 1. The number of amides is 1. The molecule has 3 rings (SSSR count). The molecule has 2 bridgehead atoms. The van der Waals surface area contributed by atoms with Gasteiger partial charge in [-0.25, -0.2) is 4.68 Å². The summed E-state index contributed by atoms with van der Waals surface area (Å²) in [6.45, 7) is 2.08. The van der Waals surface area contributed by atoms with Crippen molar-refractivity contribution in [1.29, 1.82) is 0 Å². The van der Waals surface area contributed by atoms with E-state index in [-0.39, 0.29) is 12.3 Å². The Balaban J connectivity index is 1.71. The van der Waals surface area contributed by atoms with Crippen molar-refractivity contribution in [1.82, 2.24) is 20.0 Å². The van der Waals surface area contributed by atoms with E-state index >= 15 is 0 Å². The van der Waals surface area contributed by atoms with Crippen molar-refractivity contribution in [3.63, 3.8) is 0 Å². The van der Waals surface area contributed by atoms with Crippen LogP contribution in [0.2, 0.25) is 0 Å². The lowest BCUT2D eigenvalue weighted by atomic mass is 10.1. The molecular weight excluding hydrogens is 290 g/mol. The van der Waals surface area contributed by atoms with Gasteiger partial charge in [-0.05, 0) is 33.1 Å². The fourth-order valence-corrected chi connectivity index (χ4v) is 3.58. The summed E-state index contributed by atoms with van der Waals surface area (Å²) >= 11 is 0. The van der Waals surface area contributed by atoms with Crippen LogP contribution in [0, 0.1) is 13.8 Å². The van der Waals surface area contributed by atoms with Gasteiger partial charge in [-0.2, -0.15) is 13.9 Å². The number of carbonyl (C=O) groups is 1. The van der Waals surface area contributed by atoms with Gasteiger partial charge in [0.2, 0.25) is 5.91 Å². The number of nitrogens with one attached hydrogen (secondary N) is 1. The molecule has 5 nitrogen and oxygen atoms in total. The van der Waals surface area contributed by atoms with Crippen LogP contribution in [0.3, 0.4) is 0 Å². The van der Waals surface area contributed by atoms with Crippen LogP contribution in [-0.2, 0) is 11.2 Å². The third-order valence-corrected chi connectivity index (χ3v) is 4.86. The molecule has 2 unspecified atom stereocenters. The van der Waals surface area contributed by atoms with E-state index in [9.17, 15) is 13.6 Å². The fourth-order valence-electron chi connectivity index (χ4n) is 3.58. The topological polar surface area (TPSA) is 50.2 Å². The normalized spacial score (nSPS) is 24.9. The van der Waals surface area contributed by atoms with Gasteiger partial charge in [0.1, 0.15) is 0 Å². The maximum Gasteiger partial charge on any atom is 0.333 e. The number of fused-ring (bicyclic) bond motifs is 2. The summed E-state index contributed by atoms with van der Waals surface area (Å²) in [5.74, 6) is 0.00867. The zero-order chi connectivity index (χ0) is 15.9. The minimum Gasteiger partial charge on any atom is -0.341 e. The highest BCUT2D eigenvalue weighted by atomic mass is 19.3. The molecule has 2 atom stereocenters. The van der Waals surface area contributed by atoms with Crippen LogP contribution in [-0.4, -0.2) is 45.8 Å². The Labute approximate surface area is 128 Å². The highest BCUT2D eigenvalue weighted by Gasteiger charge is 2.31. The molecule has 2 fully saturated rings. The quantitative estimate of drug-likeness (QED) is 0.926. The Bertz CT molecular complexity index is 572. The van der Waals surface area contributed by atoms with E-state index in [1.54, 1.807) is 13.8 Å². The second-order valence-electron chi connectivity index (χ2n) is 6.31. The highest BCUT2D eigenvalue weighted by Crippen LogP contribution is 2.23. The van der Waals surface area contributed by atoms with E-state index in [0.29, 0.717) is 33.7 Å². The van der Waals surface area contributed by atoms with Gasteiger partial charge in [-0.3, -0.25) is 4.79 Å². The zero-order valence-electron chi connectivity index (χ0n) is 13.0. The first-order valence-corrected chi connectivity index (χ1v) is 7.82. The van der Waals surface area contributed by atoms with Gasteiger partial charge in [-0.15, -0.1) is 0 Å². The van der Waals surface area contributed by atoms with E-state index in [4.69, 9.17) is 0 Å². The molecule has 0 saturated carbocycles. The summed E-state index contributed by atoms with van der Waals surface area (Å²) in [6, 6.07) is 0.898. The fraction of sp³-hybridized carbons (Fsp3) is 0.733. The lowest BCUT2D eigenvalue weighted by Gasteiger charge is -2.24. The van der Waals surface area contributed by atoms with Crippen molar-refractivity contribution >= 4 is 5.91 Å². The SMILES string of the molecule is Cc1nn(C(F)F)c(C)c1CC(=O)N1CCC2CCC(C1)N2. The molecule has 3 heterocycles. The molecule has 1 N–H and O–H groups in total. The Kier molecular flexibility index (Phi) is 4.16. The zero-order valence-corrected chi connectivity index (χ0v) is 13.0. The molecule has 1 amide bonds. The average Bonchev–Trinajstić information content (AvgIpc) is 2.92. The first-order chi connectivity index (χ1) is 10.5. The Hall–Kier alpha value is -1.50. The number of rotatable bonds is 3. The molecule has 0 aliphatic carbocycles. The van der Waals surface area contributed by atoms with E-state index in [1.807, 2.05) is 4.90 Å². The molecule has 22 heavy (non-hydrogen) atoms. The Morgan fingerprint density at radius 1 is 1.32 bits per heavy atom. The molecule has 2 aliphatic rings. The molecule has 2 saturated heterocycles. The van der Waals surface area contributed by atoms with Crippen LogP contribution in [0.25, 0.3) is 0 Å². The van der Waals surface area contributed by atoms with Gasteiger partial charge in [0, 0.05) is 36.4 Å². The summed E-state index contributed by atoms with van der Waals surface area (Å²) in [4.78, 5) is 14.4. The summed E-state index contributed by atoms with van der Waals surface area (Å²) in [7, 11) is 0. The maximum atomic E-state index is 12.9. The predicted molar refractivity (Wildman–Crippen MR) is 77.8 cm³/mol. The molecule has 0 radical (unpaired) electrons. The van der Waals surface area contributed by atoms with Crippen LogP contribution < -0.4 is 5.32 Å². The summed E-state index contributed by atoms with van der Waals surface area (Å²) in [5, 5.41) is 7.38. The molecule has 1 aromatic heterocycles. The summed E-state index contributed by atoms with van der Waals surface area (Å²) in [6.07, 6.45) is 3.42. The number of aryl methyl sites for hydroxylation is 1. The predicted octanol–water partition coefficient (Wildman–Crippen LogP) is 1.79. The van der Waals surface area contributed by atoms with Gasteiger partial charge >= 0.3 is 6.55 Å². The van der Waals surface area contributed by atoms with Crippen LogP contribution in [0.15, 0.2) is 0 Å². The van der Waals surface area contributed by atoms with Gasteiger partial charge in [0.15, 0.2) is 0 Å². The Morgan fingerprint density at radius 3 is 2.73 bits per heavy atom. The summed E-state index contributed by atoms with van der Waals surface area (Å²) in [5.41, 5.74) is 1.53. The van der Waals surface area contributed by atoms with Crippen molar-refractivity contribution in [3.8, 4) is 0 Å². The monoisotopic (exact) mass is 312 g/mol. The number of halogens is 2. The molecule has 0 aromatic carbocycles. The smallest absolute Gasteiger partial charge is 0.333 e. The van der Waals surface area contributed by atoms with Crippen LogP contribution in [0.4, 0.5) is 8.78 Å². The van der Waals surface area contributed by atoms with Crippen molar-refractivity contribution in [3.05, 3.63) is 17.0 Å². The Morgan fingerprint density at radius 2 is 2.05 bits per heavy atom. The van der Waals surface area contributed by atoms with E-state index < -0.39 is 6.55 Å². The molecular formula is C15H22F2N4O. The number of likely N-dealkylation sites (tertiary alicyclic amines) is 1. The number of nitrogens with zero attached hydrogens (tertiary/aromatic N) is 3. The van der Waals surface area contributed by atoms with Gasteiger partial charge in [-0.1, -0.05) is 0 Å². The lowest BCUT2D eigenvalue weighted by molar-refractivity contribution is -0.130. The average molecular weight is 312 g/mol. The number of aromatic nitrogens is 2. The van der Waals surface area contributed by atoms with E-state index in [1.165, 1.54) is 6.42 Å². The molecule has 2 aliphatic heterocycles. The third kappa shape index (κ3) is 2.86. The number of alkyl halides is 2. The lowest BCUT2D eigenvalue weighted by Crippen LogP contribution is -2.39. The standard InChI is InChI=1S/C15H22F2N4O/c1-9-13(10(2)21(19-9)15(16)17)7-14(22)20-6-5-11-3-4-12(8-20)18-11/h11-12,15,18H,3-8H2,1-2H3. The second-order valence-corrected chi connectivity index (χ2v) is 6.31.